The molecule has 0 atom stereocenters. The Morgan fingerprint density at radius 3 is 2.55 bits per heavy atom. The molecule has 0 N–H and O–H groups in total. The number of unbranched alkanes of at least 4 members (excludes halogenated alkanes) is 1. The molecule has 1 aromatic carbocycles. The average Bonchev–Trinajstić information content (AvgIpc) is 3.30. The fourth-order valence-corrected chi connectivity index (χ4v) is 2.51. The van der Waals surface area contributed by atoms with E-state index in [1.807, 2.05) is 24.3 Å². The number of esters is 1. The maximum atomic E-state index is 11.9. The van der Waals surface area contributed by atoms with Gasteiger partial charge in [-0.15, -0.1) is 11.8 Å². The van der Waals surface area contributed by atoms with Crippen molar-refractivity contribution in [3.05, 3.63) is 29.8 Å². The quantitative estimate of drug-likeness (QED) is 0.317. The normalized spacial score (nSPS) is 14.1. The molecule has 0 spiro atoms. The van der Waals surface area contributed by atoms with E-state index in [0.29, 0.717) is 12.4 Å². The Kier molecular flexibility index (Phi) is 5.65. The molecular formula is C16H20O3S. The van der Waals surface area contributed by atoms with Crippen molar-refractivity contribution >= 4 is 23.5 Å². The number of carbonyl (C=O) groups excluding carboxylic acids is 2. The van der Waals surface area contributed by atoms with Gasteiger partial charge in [0.25, 0.3) is 0 Å². The summed E-state index contributed by atoms with van der Waals surface area (Å²) in [5, 5.41) is 0. The highest BCUT2D eigenvalue weighted by molar-refractivity contribution is 8.00. The van der Waals surface area contributed by atoms with Gasteiger partial charge < -0.3 is 4.74 Å². The second-order valence-corrected chi connectivity index (χ2v) is 6.07. The van der Waals surface area contributed by atoms with Crippen LogP contribution in [-0.4, -0.2) is 24.1 Å². The molecule has 0 bridgehead atoms. The summed E-state index contributed by atoms with van der Waals surface area (Å²) in [6, 6.07) is 7.51. The molecule has 0 aromatic heterocycles. The van der Waals surface area contributed by atoms with Gasteiger partial charge >= 0.3 is 5.97 Å². The van der Waals surface area contributed by atoms with Gasteiger partial charge in [-0.3, -0.25) is 9.59 Å². The monoisotopic (exact) mass is 292 g/mol. The minimum atomic E-state index is -0.179. The molecule has 0 unspecified atom stereocenters. The van der Waals surface area contributed by atoms with Crippen molar-refractivity contribution in [1.82, 2.24) is 0 Å². The molecule has 3 nitrogen and oxygen atoms in total. The van der Waals surface area contributed by atoms with E-state index in [4.69, 9.17) is 4.74 Å². The van der Waals surface area contributed by atoms with Gasteiger partial charge in [0.2, 0.25) is 0 Å². The maximum Gasteiger partial charge on any atom is 0.316 e. The van der Waals surface area contributed by atoms with E-state index in [0.717, 1.165) is 36.1 Å². The lowest BCUT2D eigenvalue weighted by Crippen LogP contribution is -2.08. The predicted octanol–water partition coefficient (Wildman–Crippen LogP) is 3.71. The van der Waals surface area contributed by atoms with Crippen LogP contribution in [0.1, 0.15) is 43.0 Å². The predicted molar refractivity (Wildman–Crippen MR) is 80.1 cm³/mol. The first-order chi connectivity index (χ1) is 9.70. The molecule has 2 rings (SSSR count). The first kappa shape index (κ1) is 15.1. The number of ketones is 1. The second kappa shape index (κ2) is 7.48. The molecule has 20 heavy (non-hydrogen) atoms. The maximum absolute atomic E-state index is 11.9. The van der Waals surface area contributed by atoms with E-state index >= 15 is 0 Å². The van der Waals surface area contributed by atoms with Crippen LogP contribution in [0.25, 0.3) is 0 Å². The van der Waals surface area contributed by atoms with Crippen LogP contribution in [0.5, 0.6) is 0 Å². The molecular weight excluding hydrogens is 272 g/mol. The van der Waals surface area contributed by atoms with Crippen molar-refractivity contribution in [3.8, 4) is 0 Å². The summed E-state index contributed by atoms with van der Waals surface area (Å²) in [4.78, 5) is 24.3. The van der Waals surface area contributed by atoms with Crippen LogP contribution in [0.3, 0.4) is 0 Å². The van der Waals surface area contributed by atoms with E-state index in [1.165, 1.54) is 11.8 Å². The Balaban J connectivity index is 1.75. The van der Waals surface area contributed by atoms with Gasteiger partial charge in [-0.05, 0) is 31.4 Å². The number of thioether (sulfide) groups is 1. The molecule has 0 radical (unpaired) electrons. The largest absolute Gasteiger partial charge is 0.465 e. The number of benzene rings is 1. The molecule has 4 heteroatoms. The number of hydrogen-bond acceptors (Lipinski definition) is 4. The van der Waals surface area contributed by atoms with Gasteiger partial charge in [-0.25, -0.2) is 0 Å². The van der Waals surface area contributed by atoms with Crippen LogP contribution in [0.15, 0.2) is 29.2 Å². The van der Waals surface area contributed by atoms with Gasteiger partial charge in [0.15, 0.2) is 5.78 Å². The van der Waals surface area contributed by atoms with Crippen LogP contribution in [0.2, 0.25) is 0 Å². The zero-order valence-electron chi connectivity index (χ0n) is 11.8. The third kappa shape index (κ3) is 4.67. The third-order valence-electron chi connectivity index (χ3n) is 3.20. The summed E-state index contributed by atoms with van der Waals surface area (Å²) >= 11 is 1.45. The zero-order chi connectivity index (χ0) is 14.4. The number of carbonyl (C=O) groups is 2. The minimum Gasteiger partial charge on any atom is -0.465 e. The lowest BCUT2D eigenvalue weighted by atomic mass is 10.1. The molecule has 108 valence electrons. The van der Waals surface area contributed by atoms with Crippen LogP contribution >= 0.6 is 11.8 Å². The van der Waals surface area contributed by atoms with Crippen molar-refractivity contribution in [2.45, 2.75) is 37.5 Å². The number of hydrogen-bond donors (Lipinski definition) is 0. The molecule has 1 aliphatic rings. The van der Waals surface area contributed by atoms with Gasteiger partial charge in [0, 0.05) is 16.4 Å². The molecule has 1 aromatic rings. The van der Waals surface area contributed by atoms with Crippen LogP contribution in [0, 0.1) is 5.92 Å². The summed E-state index contributed by atoms with van der Waals surface area (Å²) in [5.74, 6) is 0.642. The molecule has 1 saturated carbocycles. The fraction of sp³-hybridized carbons (Fsp3) is 0.500. The first-order valence-corrected chi connectivity index (χ1v) is 8.12. The number of rotatable bonds is 8. The summed E-state index contributed by atoms with van der Waals surface area (Å²) in [7, 11) is 0. The SMILES string of the molecule is CCCCOC(=O)CSc1ccc(C(=O)C2CC2)cc1. The molecule has 0 amide bonds. The average molecular weight is 292 g/mol. The molecule has 1 aliphatic carbocycles. The zero-order valence-corrected chi connectivity index (χ0v) is 12.6. The Hall–Kier alpha value is -1.29. The lowest BCUT2D eigenvalue weighted by Gasteiger charge is -2.04. The first-order valence-electron chi connectivity index (χ1n) is 7.13. The highest BCUT2D eigenvalue weighted by Crippen LogP contribution is 2.33. The summed E-state index contributed by atoms with van der Waals surface area (Å²) < 4.78 is 5.09. The van der Waals surface area contributed by atoms with Crippen molar-refractivity contribution < 1.29 is 14.3 Å². The lowest BCUT2D eigenvalue weighted by molar-refractivity contribution is -0.140. The van der Waals surface area contributed by atoms with Crippen LogP contribution in [0.4, 0.5) is 0 Å². The Morgan fingerprint density at radius 1 is 1.25 bits per heavy atom. The van der Waals surface area contributed by atoms with E-state index < -0.39 is 0 Å². The summed E-state index contributed by atoms with van der Waals surface area (Å²) in [5.41, 5.74) is 0.780. The topological polar surface area (TPSA) is 43.4 Å². The smallest absolute Gasteiger partial charge is 0.316 e. The standard InChI is InChI=1S/C16H20O3S/c1-2-3-10-19-15(17)11-20-14-8-6-13(7-9-14)16(18)12-4-5-12/h6-9,12H,2-5,10-11H2,1H3. The van der Waals surface area contributed by atoms with Crippen molar-refractivity contribution in [2.75, 3.05) is 12.4 Å². The third-order valence-corrected chi connectivity index (χ3v) is 4.19. The molecule has 1 fully saturated rings. The van der Waals surface area contributed by atoms with Gasteiger partial charge in [0.1, 0.15) is 0 Å². The van der Waals surface area contributed by atoms with E-state index in [9.17, 15) is 9.59 Å². The number of ether oxygens (including phenoxy) is 1. The molecule has 0 saturated heterocycles. The Bertz CT molecular complexity index is 463. The van der Waals surface area contributed by atoms with E-state index in [2.05, 4.69) is 6.92 Å². The van der Waals surface area contributed by atoms with Crippen molar-refractivity contribution in [1.29, 1.82) is 0 Å². The Labute approximate surface area is 124 Å². The van der Waals surface area contributed by atoms with Crippen molar-refractivity contribution in [3.63, 3.8) is 0 Å². The Morgan fingerprint density at radius 2 is 1.95 bits per heavy atom. The van der Waals surface area contributed by atoms with Gasteiger partial charge in [-0.2, -0.15) is 0 Å². The van der Waals surface area contributed by atoms with Crippen molar-refractivity contribution in [2.24, 2.45) is 5.92 Å². The molecule has 0 heterocycles. The molecule has 0 aliphatic heterocycles. The van der Waals surface area contributed by atoms with E-state index in [-0.39, 0.29) is 17.7 Å². The van der Waals surface area contributed by atoms with Crippen LogP contribution < -0.4 is 0 Å². The van der Waals surface area contributed by atoms with E-state index in [1.54, 1.807) is 0 Å². The minimum absolute atomic E-state index is 0.179. The fourth-order valence-electron chi connectivity index (χ4n) is 1.81. The highest BCUT2D eigenvalue weighted by atomic mass is 32.2. The number of Topliss-reactive ketones (excluding diaryl/α,β-unsaturated/α-hetero) is 1. The summed E-state index contributed by atoms with van der Waals surface area (Å²) in [6.07, 6.45) is 3.99. The van der Waals surface area contributed by atoms with Gasteiger partial charge in [0.05, 0.1) is 12.4 Å². The second-order valence-electron chi connectivity index (χ2n) is 5.03. The van der Waals surface area contributed by atoms with Gasteiger partial charge in [-0.1, -0.05) is 25.5 Å². The van der Waals surface area contributed by atoms with Crippen LogP contribution in [-0.2, 0) is 9.53 Å². The summed E-state index contributed by atoms with van der Waals surface area (Å²) in [6.45, 7) is 2.57. The highest BCUT2D eigenvalue weighted by Gasteiger charge is 2.30.